The first-order valence-corrected chi connectivity index (χ1v) is 9.10. The van der Waals surface area contributed by atoms with Crippen molar-refractivity contribution in [2.45, 2.75) is 18.7 Å². The maximum atomic E-state index is 10.3. The van der Waals surface area contributed by atoms with Crippen LogP contribution in [0.5, 0.6) is 11.5 Å². The minimum Gasteiger partial charge on any atom is -0.507 e. The molecule has 0 saturated heterocycles. The number of benzene rings is 2. The summed E-state index contributed by atoms with van der Waals surface area (Å²) in [4.78, 5) is 4.46. The van der Waals surface area contributed by atoms with E-state index in [-0.39, 0.29) is 11.8 Å². The highest BCUT2D eigenvalue weighted by molar-refractivity contribution is 6.31. The Morgan fingerprint density at radius 1 is 1.07 bits per heavy atom. The van der Waals surface area contributed by atoms with Gasteiger partial charge in [-0.25, -0.2) is 5.01 Å². The van der Waals surface area contributed by atoms with Crippen LogP contribution in [0.15, 0.2) is 72.0 Å². The first kappa shape index (κ1) is 16.1. The number of nitrogens with zero attached hydrogens (tertiary/aromatic N) is 3. The van der Waals surface area contributed by atoms with Crippen LogP contribution in [0, 0.1) is 0 Å². The minimum atomic E-state index is -0.426. The number of halogens is 1. The third-order valence-corrected chi connectivity index (χ3v) is 5.14. The van der Waals surface area contributed by atoms with Crippen LogP contribution in [-0.4, -0.2) is 20.8 Å². The molecule has 134 valence electrons. The van der Waals surface area contributed by atoms with E-state index >= 15 is 0 Å². The molecule has 0 spiro atoms. The van der Waals surface area contributed by atoms with E-state index in [9.17, 15) is 5.11 Å². The van der Waals surface area contributed by atoms with Crippen molar-refractivity contribution < 1.29 is 9.84 Å². The summed E-state index contributed by atoms with van der Waals surface area (Å²) in [5.74, 6) is 1.00. The molecule has 3 aromatic rings. The Morgan fingerprint density at radius 2 is 1.93 bits per heavy atom. The van der Waals surface area contributed by atoms with Gasteiger partial charge in [0, 0.05) is 28.8 Å². The van der Waals surface area contributed by atoms with Crippen molar-refractivity contribution in [1.82, 2.24) is 9.99 Å². The van der Waals surface area contributed by atoms with Crippen LogP contribution < -0.4 is 4.74 Å². The number of hydrazone groups is 1. The Bertz CT molecular complexity index is 1040. The van der Waals surface area contributed by atoms with Gasteiger partial charge in [0.05, 0.1) is 11.8 Å². The van der Waals surface area contributed by atoms with Crippen LogP contribution in [0.3, 0.4) is 0 Å². The van der Waals surface area contributed by atoms with Crippen LogP contribution in [0.25, 0.3) is 0 Å². The van der Waals surface area contributed by atoms with Gasteiger partial charge in [0.2, 0.25) is 6.23 Å². The molecule has 0 saturated carbocycles. The molecule has 5 rings (SSSR count). The number of aromatic nitrogens is 1. The maximum absolute atomic E-state index is 10.3. The lowest BCUT2D eigenvalue weighted by molar-refractivity contribution is -0.0218. The molecule has 0 amide bonds. The van der Waals surface area contributed by atoms with Crippen molar-refractivity contribution in [2.75, 3.05) is 0 Å². The molecule has 27 heavy (non-hydrogen) atoms. The first-order valence-electron chi connectivity index (χ1n) is 8.72. The van der Waals surface area contributed by atoms with E-state index < -0.39 is 6.23 Å². The number of phenolic OH excluding ortho intramolecular Hbond substituents is 1. The van der Waals surface area contributed by atoms with Crippen LogP contribution in [0.4, 0.5) is 0 Å². The average Bonchev–Trinajstić information content (AvgIpc) is 3.15. The highest BCUT2D eigenvalue weighted by Crippen LogP contribution is 2.47. The van der Waals surface area contributed by atoms with Crippen molar-refractivity contribution in [2.24, 2.45) is 5.10 Å². The van der Waals surface area contributed by atoms with E-state index in [0.29, 0.717) is 17.0 Å². The van der Waals surface area contributed by atoms with Crippen LogP contribution in [0.2, 0.25) is 5.02 Å². The van der Waals surface area contributed by atoms with Gasteiger partial charge in [-0.1, -0.05) is 35.9 Å². The topological polar surface area (TPSA) is 58.0 Å². The number of pyridine rings is 1. The molecule has 2 aliphatic heterocycles. The number of phenols is 1. The number of aromatic hydroxyl groups is 1. The lowest BCUT2D eigenvalue weighted by atomic mass is 9.96. The molecular formula is C21H16ClN3O2. The average molecular weight is 378 g/mol. The maximum Gasteiger partial charge on any atom is 0.230 e. The van der Waals surface area contributed by atoms with Crippen molar-refractivity contribution in [3.8, 4) is 11.5 Å². The van der Waals surface area contributed by atoms with Gasteiger partial charge in [-0.2, -0.15) is 5.10 Å². The normalized spacial score (nSPS) is 20.5. The van der Waals surface area contributed by atoms with Crippen molar-refractivity contribution in [1.29, 1.82) is 0 Å². The minimum absolute atomic E-state index is 0.00957. The van der Waals surface area contributed by atoms with Gasteiger partial charge in [0.25, 0.3) is 0 Å². The zero-order valence-electron chi connectivity index (χ0n) is 14.3. The molecular weight excluding hydrogens is 362 g/mol. The van der Waals surface area contributed by atoms with E-state index in [1.807, 2.05) is 41.4 Å². The molecule has 2 atom stereocenters. The van der Waals surface area contributed by atoms with Gasteiger partial charge in [-0.3, -0.25) is 4.98 Å². The zero-order chi connectivity index (χ0) is 18.4. The third-order valence-electron chi connectivity index (χ3n) is 4.91. The molecule has 3 heterocycles. The number of hydrogen-bond donors (Lipinski definition) is 1. The fourth-order valence-corrected chi connectivity index (χ4v) is 3.83. The van der Waals surface area contributed by atoms with E-state index in [1.54, 1.807) is 24.4 Å². The van der Waals surface area contributed by atoms with Gasteiger partial charge in [-0.05, 0) is 36.4 Å². The van der Waals surface area contributed by atoms with Crippen molar-refractivity contribution >= 4 is 17.3 Å². The Labute approximate surface area is 161 Å². The summed E-state index contributed by atoms with van der Waals surface area (Å²) in [6, 6.07) is 18.7. The lowest BCUT2D eigenvalue weighted by Crippen LogP contribution is -2.34. The highest BCUT2D eigenvalue weighted by Gasteiger charge is 2.41. The van der Waals surface area contributed by atoms with Gasteiger partial charge in [-0.15, -0.1) is 0 Å². The molecule has 0 bridgehead atoms. The van der Waals surface area contributed by atoms with Gasteiger partial charge in [0.15, 0.2) is 0 Å². The molecule has 2 aliphatic rings. The molecule has 6 heteroatoms. The Morgan fingerprint density at radius 3 is 2.78 bits per heavy atom. The van der Waals surface area contributed by atoms with Gasteiger partial charge >= 0.3 is 0 Å². The fourth-order valence-electron chi connectivity index (χ4n) is 3.65. The number of fused-ring (bicyclic) bond motifs is 3. The summed E-state index contributed by atoms with van der Waals surface area (Å²) < 4.78 is 6.24. The lowest BCUT2D eigenvalue weighted by Gasteiger charge is -2.37. The highest BCUT2D eigenvalue weighted by atomic mass is 35.5. The third kappa shape index (κ3) is 2.71. The monoisotopic (exact) mass is 377 g/mol. The quantitative estimate of drug-likeness (QED) is 0.704. The second-order valence-electron chi connectivity index (χ2n) is 6.57. The summed E-state index contributed by atoms with van der Waals surface area (Å²) >= 11 is 6.14. The van der Waals surface area contributed by atoms with E-state index in [1.165, 1.54) is 0 Å². The number of para-hydroxylation sites is 1. The molecule has 0 aliphatic carbocycles. The van der Waals surface area contributed by atoms with E-state index in [0.717, 1.165) is 22.7 Å². The SMILES string of the molecule is Oc1ccc(Cl)cc1C1=NN2[C@@H](C1)c1ccccc1O[C@H]2c1ccccn1. The standard InChI is InChI=1S/C21H16ClN3O2/c22-13-8-9-19(26)15(11-13)17-12-18-14-5-1-2-7-20(14)27-21(25(18)24-17)16-6-3-4-10-23-16/h1-11,18,21,26H,12H2/t18-,21-/m0/s1. The summed E-state index contributed by atoms with van der Waals surface area (Å²) in [5, 5.41) is 17.6. The molecule has 1 aromatic heterocycles. The number of ether oxygens (including phenoxy) is 1. The smallest absolute Gasteiger partial charge is 0.230 e. The molecule has 0 fully saturated rings. The van der Waals surface area contributed by atoms with Crippen LogP contribution >= 0.6 is 11.6 Å². The second-order valence-corrected chi connectivity index (χ2v) is 7.01. The second kappa shape index (κ2) is 6.28. The van der Waals surface area contributed by atoms with Crippen molar-refractivity contribution in [3.63, 3.8) is 0 Å². The van der Waals surface area contributed by atoms with E-state index in [4.69, 9.17) is 21.4 Å². The Hall–Kier alpha value is -3.05. The fraction of sp³-hybridized carbons (Fsp3) is 0.143. The molecule has 2 aromatic carbocycles. The van der Waals surface area contributed by atoms with Crippen molar-refractivity contribution in [3.05, 3.63) is 88.7 Å². The van der Waals surface area contributed by atoms with Crippen LogP contribution in [-0.2, 0) is 0 Å². The molecule has 0 radical (unpaired) electrons. The Balaban J connectivity index is 1.62. The van der Waals surface area contributed by atoms with Gasteiger partial charge < -0.3 is 9.84 Å². The Kier molecular flexibility index (Phi) is 3.76. The summed E-state index contributed by atoms with van der Waals surface area (Å²) in [5.41, 5.74) is 3.29. The number of rotatable bonds is 2. The molecule has 5 nitrogen and oxygen atoms in total. The van der Waals surface area contributed by atoms with Crippen LogP contribution in [0.1, 0.15) is 35.5 Å². The van der Waals surface area contributed by atoms with E-state index in [2.05, 4.69) is 11.1 Å². The predicted octanol–water partition coefficient (Wildman–Crippen LogP) is 4.68. The number of hydrogen-bond acceptors (Lipinski definition) is 5. The predicted molar refractivity (Wildman–Crippen MR) is 103 cm³/mol. The molecule has 1 N–H and O–H groups in total. The largest absolute Gasteiger partial charge is 0.507 e. The molecule has 0 unspecified atom stereocenters. The zero-order valence-corrected chi connectivity index (χ0v) is 15.0. The summed E-state index contributed by atoms with van der Waals surface area (Å²) in [7, 11) is 0. The van der Waals surface area contributed by atoms with Gasteiger partial charge in [0.1, 0.15) is 17.2 Å². The summed E-state index contributed by atoms with van der Waals surface area (Å²) in [6.07, 6.45) is 1.97. The summed E-state index contributed by atoms with van der Waals surface area (Å²) in [6.45, 7) is 0. The first-order chi connectivity index (χ1) is 13.2.